The van der Waals surface area contributed by atoms with E-state index in [9.17, 15) is 8.78 Å². The van der Waals surface area contributed by atoms with Gasteiger partial charge in [-0.15, -0.1) is 0 Å². The van der Waals surface area contributed by atoms with Crippen molar-refractivity contribution < 1.29 is 13.5 Å². The normalized spacial score (nSPS) is 14.9. The smallest absolute Gasteiger partial charge is 0.224 e. The van der Waals surface area contributed by atoms with E-state index >= 15 is 0 Å². The minimum atomic E-state index is -0.584. The van der Waals surface area contributed by atoms with Crippen LogP contribution in [-0.2, 0) is 4.74 Å². The monoisotopic (exact) mass is 344 g/mol. The molecule has 1 fully saturated rings. The van der Waals surface area contributed by atoms with Crippen molar-refractivity contribution >= 4 is 22.9 Å². The molecule has 2 N–H and O–H groups in total. The molecule has 128 valence electrons. The van der Waals surface area contributed by atoms with E-state index in [1.165, 1.54) is 6.20 Å². The Morgan fingerprint density at radius 3 is 2.68 bits per heavy atom. The Labute approximate surface area is 141 Å². The lowest BCUT2D eigenvalue weighted by Crippen LogP contribution is -2.37. The molecule has 3 heterocycles. The topological polar surface area (TPSA) is 90.0 Å². The first-order valence-electron chi connectivity index (χ1n) is 7.70. The van der Waals surface area contributed by atoms with Crippen molar-refractivity contribution in [3.8, 4) is 11.3 Å². The maximum Gasteiger partial charge on any atom is 0.224 e. The van der Waals surface area contributed by atoms with Crippen LogP contribution in [0, 0.1) is 11.6 Å². The molecule has 2 aromatic heterocycles. The number of halogens is 2. The molecule has 0 radical (unpaired) electrons. The molecule has 1 aliphatic heterocycles. The molecule has 1 saturated heterocycles. The van der Waals surface area contributed by atoms with Crippen molar-refractivity contribution in [3.05, 3.63) is 36.0 Å². The zero-order chi connectivity index (χ0) is 17.4. The number of hydrogen-bond donors (Lipinski definition) is 1. The number of ether oxygens (including phenoxy) is 1. The Kier molecular flexibility index (Phi) is 3.85. The van der Waals surface area contributed by atoms with Gasteiger partial charge in [0.1, 0.15) is 11.6 Å². The van der Waals surface area contributed by atoms with Crippen molar-refractivity contribution in [2.75, 3.05) is 36.9 Å². The number of nitrogens with two attached hydrogens (primary N) is 1. The maximum atomic E-state index is 14.1. The standard InChI is InChI=1S/C16H14F2N6O/c17-9-1-2-11(18)10(7-9)12-8-20-14-13(21-12)15(23-16(19)22-14)24-3-5-25-6-4-24/h1-2,7-8H,3-6H2,(H2,19,20,22,23). The Bertz CT molecular complexity index is 945. The number of benzene rings is 1. The van der Waals surface area contributed by atoms with Crippen LogP contribution in [0.15, 0.2) is 24.4 Å². The number of nitrogen functional groups attached to an aromatic ring is 1. The summed E-state index contributed by atoms with van der Waals surface area (Å²) >= 11 is 0. The van der Waals surface area contributed by atoms with E-state index in [1.54, 1.807) is 0 Å². The van der Waals surface area contributed by atoms with Crippen molar-refractivity contribution in [1.29, 1.82) is 0 Å². The molecule has 9 heteroatoms. The van der Waals surface area contributed by atoms with E-state index in [1.807, 2.05) is 4.90 Å². The molecule has 0 amide bonds. The lowest BCUT2D eigenvalue weighted by Gasteiger charge is -2.28. The minimum absolute atomic E-state index is 0.0270. The summed E-state index contributed by atoms with van der Waals surface area (Å²) in [4.78, 5) is 18.9. The first-order chi connectivity index (χ1) is 12.1. The van der Waals surface area contributed by atoms with Gasteiger partial charge in [0.25, 0.3) is 0 Å². The average Bonchev–Trinajstić information content (AvgIpc) is 2.63. The number of anilines is 2. The molecule has 1 aromatic carbocycles. The van der Waals surface area contributed by atoms with Gasteiger partial charge in [0, 0.05) is 18.7 Å². The van der Waals surface area contributed by atoms with E-state index in [2.05, 4.69) is 19.9 Å². The first kappa shape index (κ1) is 15.6. The molecule has 25 heavy (non-hydrogen) atoms. The van der Waals surface area contributed by atoms with Crippen molar-refractivity contribution in [2.45, 2.75) is 0 Å². The molecule has 3 aromatic rings. The second-order valence-corrected chi connectivity index (χ2v) is 5.56. The molecule has 0 spiro atoms. The Hall–Kier alpha value is -2.94. The second-order valence-electron chi connectivity index (χ2n) is 5.56. The lowest BCUT2D eigenvalue weighted by atomic mass is 10.1. The van der Waals surface area contributed by atoms with Crippen LogP contribution in [0.2, 0.25) is 0 Å². The molecule has 0 saturated carbocycles. The third-order valence-electron chi connectivity index (χ3n) is 3.92. The van der Waals surface area contributed by atoms with E-state index in [0.717, 1.165) is 18.2 Å². The van der Waals surface area contributed by atoms with Gasteiger partial charge in [-0.05, 0) is 18.2 Å². The van der Waals surface area contributed by atoms with Gasteiger partial charge in [-0.1, -0.05) is 0 Å². The SMILES string of the molecule is Nc1nc(N2CCOCC2)c2nc(-c3cc(F)ccc3F)cnc2n1. The van der Waals surface area contributed by atoms with E-state index in [0.29, 0.717) is 43.3 Å². The number of aromatic nitrogens is 4. The highest BCUT2D eigenvalue weighted by atomic mass is 19.1. The highest BCUT2D eigenvalue weighted by Gasteiger charge is 2.20. The number of fused-ring (bicyclic) bond motifs is 1. The molecular weight excluding hydrogens is 330 g/mol. The Balaban J connectivity index is 1.89. The summed E-state index contributed by atoms with van der Waals surface area (Å²) in [5, 5.41) is 0. The minimum Gasteiger partial charge on any atom is -0.378 e. The van der Waals surface area contributed by atoms with Gasteiger partial charge >= 0.3 is 0 Å². The van der Waals surface area contributed by atoms with Crippen LogP contribution in [0.25, 0.3) is 22.4 Å². The lowest BCUT2D eigenvalue weighted by molar-refractivity contribution is 0.122. The van der Waals surface area contributed by atoms with Gasteiger partial charge in [-0.2, -0.15) is 9.97 Å². The van der Waals surface area contributed by atoms with Crippen molar-refractivity contribution in [1.82, 2.24) is 19.9 Å². The quantitative estimate of drug-likeness (QED) is 0.758. The van der Waals surface area contributed by atoms with E-state index < -0.39 is 11.6 Å². The summed E-state index contributed by atoms with van der Waals surface area (Å²) in [6.07, 6.45) is 1.34. The predicted molar refractivity (Wildman–Crippen MR) is 87.9 cm³/mol. The predicted octanol–water partition coefficient (Wildman–Crippen LogP) is 1.78. The molecule has 7 nitrogen and oxygen atoms in total. The third-order valence-corrected chi connectivity index (χ3v) is 3.92. The van der Waals surface area contributed by atoms with E-state index in [-0.39, 0.29) is 17.2 Å². The zero-order valence-electron chi connectivity index (χ0n) is 13.1. The summed E-state index contributed by atoms with van der Waals surface area (Å²) in [5.74, 6) is -0.551. The van der Waals surface area contributed by atoms with Gasteiger partial charge in [0.05, 0.1) is 25.1 Å². The number of hydrogen-bond acceptors (Lipinski definition) is 7. The van der Waals surface area contributed by atoms with Crippen LogP contribution < -0.4 is 10.6 Å². The average molecular weight is 344 g/mol. The summed E-state index contributed by atoms with van der Waals surface area (Å²) in [6.45, 7) is 2.34. The summed E-state index contributed by atoms with van der Waals surface area (Å²) in [5.41, 5.74) is 6.68. The van der Waals surface area contributed by atoms with Crippen LogP contribution in [0.1, 0.15) is 0 Å². The summed E-state index contributed by atoms with van der Waals surface area (Å²) in [7, 11) is 0. The zero-order valence-corrected chi connectivity index (χ0v) is 13.1. The molecule has 4 rings (SSSR count). The highest BCUT2D eigenvalue weighted by molar-refractivity contribution is 5.85. The van der Waals surface area contributed by atoms with E-state index in [4.69, 9.17) is 10.5 Å². The fourth-order valence-electron chi connectivity index (χ4n) is 2.73. The fourth-order valence-corrected chi connectivity index (χ4v) is 2.73. The van der Waals surface area contributed by atoms with Gasteiger partial charge in [-0.25, -0.2) is 18.7 Å². The maximum absolute atomic E-state index is 14.1. The van der Waals surface area contributed by atoms with Crippen LogP contribution in [-0.4, -0.2) is 46.2 Å². The molecule has 1 aliphatic rings. The highest BCUT2D eigenvalue weighted by Crippen LogP contribution is 2.27. The van der Waals surface area contributed by atoms with Gasteiger partial charge < -0.3 is 15.4 Å². The van der Waals surface area contributed by atoms with Gasteiger partial charge in [0.15, 0.2) is 17.0 Å². The number of nitrogens with zero attached hydrogens (tertiary/aromatic N) is 5. The van der Waals surface area contributed by atoms with Crippen LogP contribution in [0.5, 0.6) is 0 Å². The third kappa shape index (κ3) is 2.93. The van der Waals surface area contributed by atoms with Crippen LogP contribution >= 0.6 is 0 Å². The van der Waals surface area contributed by atoms with Gasteiger partial charge in [0.2, 0.25) is 5.95 Å². The fraction of sp³-hybridized carbons (Fsp3) is 0.250. The van der Waals surface area contributed by atoms with Crippen LogP contribution in [0.4, 0.5) is 20.5 Å². The first-order valence-corrected chi connectivity index (χ1v) is 7.70. The molecule has 0 unspecified atom stereocenters. The van der Waals surface area contributed by atoms with Gasteiger partial charge in [-0.3, -0.25) is 0 Å². The second kappa shape index (κ2) is 6.17. The van der Waals surface area contributed by atoms with Crippen molar-refractivity contribution in [2.24, 2.45) is 0 Å². The molecular formula is C16H14F2N6O. The van der Waals surface area contributed by atoms with Crippen molar-refractivity contribution in [3.63, 3.8) is 0 Å². The largest absolute Gasteiger partial charge is 0.378 e. The van der Waals surface area contributed by atoms with Crippen LogP contribution in [0.3, 0.4) is 0 Å². The Morgan fingerprint density at radius 1 is 1.08 bits per heavy atom. The molecule has 0 bridgehead atoms. The Morgan fingerprint density at radius 2 is 1.88 bits per heavy atom. The molecule has 0 aliphatic carbocycles. The summed E-state index contributed by atoms with van der Waals surface area (Å²) < 4.78 is 32.9. The molecule has 0 atom stereocenters. The summed E-state index contributed by atoms with van der Waals surface area (Å²) in [6, 6.07) is 3.19. The number of rotatable bonds is 2. The number of morpholine rings is 1.